The van der Waals surface area contributed by atoms with Crippen LogP contribution in [0.2, 0.25) is 0 Å². The Morgan fingerprint density at radius 1 is 0.889 bits per heavy atom. The van der Waals surface area contributed by atoms with Crippen LogP contribution in [0.5, 0.6) is 0 Å². The molecule has 18 heavy (non-hydrogen) atoms. The molecule has 94 valence electrons. The highest BCUT2D eigenvalue weighted by Crippen LogP contribution is 2.27. The molecule has 0 bridgehead atoms. The zero-order valence-electron chi connectivity index (χ0n) is 9.59. The Kier molecular flexibility index (Phi) is 3.67. The molecule has 0 unspecified atom stereocenters. The van der Waals surface area contributed by atoms with Crippen molar-refractivity contribution in [1.29, 1.82) is 0 Å². The monoisotopic (exact) mass is 251 g/mol. The fourth-order valence-corrected chi connectivity index (χ4v) is 1.81. The molecular formula is C14H12F3N. The van der Waals surface area contributed by atoms with Crippen LogP contribution in [0.15, 0.2) is 36.4 Å². The Bertz CT molecular complexity index is 567. The van der Waals surface area contributed by atoms with E-state index in [1.54, 1.807) is 6.07 Å². The Balaban J connectivity index is 2.55. The lowest BCUT2D eigenvalue weighted by atomic mass is 10.0. The van der Waals surface area contributed by atoms with Crippen LogP contribution in [0.3, 0.4) is 0 Å². The molecule has 2 aromatic rings. The highest BCUT2D eigenvalue weighted by Gasteiger charge is 2.13. The van der Waals surface area contributed by atoms with Gasteiger partial charge in [-0.05, 0) is 36.7 Å². The Labute approximate surface area is 103 Å². The van der Waals surface area contributed by atoms with Gasteiger partial charge in [-0.15, -0.1) is 0 Å². The number of hydrogen-bond donors (Lipinski definition) is 1. The van der Waals surface area contributed by atoms with E-state index in [1.165, 1.54) is 24.3 Å². The topological polar surface area (TPSA) is 26.0 Å². The molecule has 4 heteroatoms. The molecule has 0 heterocycles. The summed E-state index contributed by atoms with van der Waals surface area (Å²) in [6.07, 6.45) is 0.560. The quantitative estimate of drug-likeness (QED) is 0.890. The maximum Gasteiger partial charge on any atom is 0.166 e. The average molecular weight is 251 g/mol. The number of nitrogens with two attached hydrogens (primary N) is 1. The minimum atomic E-state index is -1.04. The SMILES string of the molecule is NCCc1ccc(F)c(-c2cccc(F)c2F)c1. The third-order valence-corrected chi connectivity index (χ3v) is 2.71. The molecule has 0 saturated carbocycles. The van der Waals surface area contributed by atoms with E-state index >= 15 is 0 Å². The maximum atomic E-state index is 13.7. The van der Waals surface area contributed by atoms with Gasteiger partial charge in [-0.3, -0.25) is 0 Å². The van der Waals surface area contributed by atoms with Crippen LogP contribution in [0.1, 0.15) is 5.56 Å². The predicted octanol–water partition coefficient (Wildman–Crippen LogP) is 3.27. The van der Waals surface area contributed by atoms with E-state index < -0.39 is 17.5 Å². The predicted molar refractivity (Wildman–Crippen MR) is 64.5 cm³/mol. The standard InChI is InChI=1S/C14H12F3N/c15-12-5-4-9(6-7-18)8-11(12)10-2-1-3-13(16)14(10)17/h1-5,8H,6-7,18H2. The fourth-order valence-electron chi connectivity index (χ4n) is 1.81. The van der Waals surface area contributed by atoms with Gasteiger partial charge in [0.25, 0.3) is 0 Å². The number of rotatable bonds is 3. The normalized spacial score (nSPS) is 10.7. The van der Waals surface area contributed by atoms with E-state index in [2.05, 4.69) is 0 Å². The first-order valence-electron chi connectivity index (χ1n) is 5.56. The summed E-state index contributed by atoms with van der Waals surface area (Å²) in [6, 6.07) is 8.03. The molecule has 0 fully saturated rings. The second-order valence-corrected chi connectivity index (χ2v) is 3.95. The van der Waals surface area contributed by atoms with E-state index in [4.69, 9.17) is 5.73 Å². The molecule has 0 radical (unpaired) electrons. The van der Waals surface area contributed by atoms with E-state index in [0.29, 0.717) is 13.0 Å². The molecule has 2 N–H and O–H groups in total. The number of benzene rings is 2. The molecule has 0 aromatic heterocycles. The van der Waals surface area contributed by atoms with Gasteiger partial charge in [0.05, 0.1) is 0 Å². The van der Waals surface area contributed by atoms with Gasteiger partial charge in [0.15, 0.2) is 11.6 Å². The molecular weight excluding hydrogens is 239 g/mol. The minimum absolute atomic E-state index is 0.0537. The number of hydrogen-bond acceptors (Lipinski definition) is 1. The summed E-state index contributed by atoms with van der Waals surface area (Å²) in [4.78, 5) is 0. The summed E-state index contributed by atoms with van der Waals surface area (Å²) in [5.41, 5.74) is 6.18. The van der Waals surface area contributed by atoms with Crippen molar-refractivity contribution in [3.63, 3.8) is 0 Å². The van der Waals surface area contributed by atoms with Crippen LogP contribution in [0.4, 0.5) is 13.2 Å². The van der Waals surface area contributed by atoms with Gasteiger partial charge in [0.1, 0.15) is 5.82 Å². The van der Waals surface area contributed by atoms with Gasteiger partial charge >= 0.3 is 0 Å². The fraction of sp³-hybridized carbons (Fsp3) is 0.143. The molecule has 2 rings (SSSR count). The zero-order chi connectivity index (χ0) is 13.1. The number of halogens is 3. The summed E-state index contributed by atoms with van der Waals surface area (Å²) in [6.45, 7) is 0.413. The van der Waals surface area contributed by atoms with E-state index in [1.807, 2.05) is 0 Å². The molecule has 1 nitrogen and oxygen atoms in total. The van der Waals surface area contributed by atoms with Crippen LogP contribution in [-0.4, -0.2) is 6.54 Å². The second-order valence-electron chi connectivity index (χ2n) is 3.95. The largest absolute Gasteiger partial charge is 0.330 e. The van der Waals surface area contributed by atoms with Gasteiger partial charge in [0.2, 0.25) is 0 Å². The molecule has 0 amide bonds. The van der Waals surface area contributed by atoms with Crippen molar-refractivity contribution >= 4 is 0 Å². The second kappa shape index (κ2) is 5.23. The molecule has 0 aliphatic carbocycles. The Hall–Kier alpha value is -1.81. The minimum Gasteiger partial charge on any atom is -0.330 e. The van der Waals surface area contributed by atoms with Gasteiger partial charge in [-0.2, -0.15) is 0 Å². The van der Waals surface area contributed by atoms with Gasteiger partial charge in [0, 0.05) is 11.1 Å². The summed E-state index contributed by atoms with van der Waals surface area (Å²) in [5, 5.41) is 0. The summed E-state index contributed by atoms with van der Waals surface area (Å²) >= 11 is 0. The van der Waals surface area contributed by atoms with Crippen LogP contribution < -0.4 is 5.73 Å². The highest BCUT2D eigenvalue weighted by atomic mass is 19.2. The van der Waals surface area contributed by atoms with Crippen molar-refractivity contribution < 1.29 is 13.2 Å². The third-order valence-electron chi connectivity index (χ3n) is 2.71. The van der Waals surface area contributed by atoms with Gasteiger partial charge in [-0.1, -0.05) is 18.2 Å². The average Bonchev–Trinajstić information content (AvgIpc) is 2.36. The summed E-state index contributed by atoms with van der Waals surface area (Å²) in [5.74, 6) is -2.61. The first-order valence-corrected chi connectivity index (χ1v) is 5.56. The molecule has 0 spiro atoms. The molecule has 2 aromatic carbocycles. The molecule has 0 saturated heterocycles. The highest BCUT2D eigenvalue weighted by molar-refractivity contribution is 5.65. The maximum absolute atomic E-state index is 13.7. The van der Waals surface area contributed by atoms with E-state index in [-0.39, 0.29) is 11.1 Å². The van der Waals surface area contributed by atoms with Crippen LogP contribution >= 0.6 is 0 Å². The molecule has 0 atom stereocenters. The van der Waals surface area contributed by atoms with Crippen molar-refractivity contribution in [2.75, 3.05) is 6.54 Å². The summed E-state index contributed by atoms with van der Waals surface area (Å²) in [7, 11) is 0. The molecule has 0 aliphatic rings. The first-order chi connectivity index (χ1) is 8.63. The molecule has 0 aliphatic heterocycles. The lowest BCUT2D eigenvalue weighted by Gasteiger charge is -2.08. The van der Waals surface area contributed by atoms with Gasteiger partial charge in [-0.25, -0.2) is 13.2 Å². The van der Waals surface area contributed by atoms with Crippen molar-refractivity contribution in [2.24, 2.45) is 5.73 Å². The Morgan fingerprint density at radius 2 is 1.67 bits per heavy atom. The Morgan fingerprint density at radius 3 is 2.39 bits per heavy atom. The lowest BCUT2D eigenvalue weighted by molar-refractivity contribution is 0.510. The van der Waals surface area contributed by atoms with Crippen LogP contribution in [-0.2, 0) is 6.42 Å². The van der Waals surface area contributed by atoms with Crippen molar-refractivity contribution in [1.82, 2.24) is 0 Å². The lowest BCUT2D eigenvalue weighted by Crippen LogP contribution is -2.03. The zero-order valence-corrected chi connectivity index (χ0v) is 9.59. The third kappa shape index (κ3) is 2.38. The van der Waals surface area contributed by atoms with Crippen molar-refractivity contribution in [3.05, 3.63) is 59.4 Å². The van der Waals surface area contributed by atoms with E-state index in [0.717, 1.165) is 11.6 Å². The smallest absolute Gasteiger partial charge is 0.166 e. The van der Waals surface area contributed by atoms with E-state index in [9.17, 15) is 13.2 Å². The van der Waals surface area contributed by atoms with Crippen LogP contribution in [0.25, 0.3) is 11.1 Å². The van der Waals surface area contributed by atoms with Gasteiger partial charge < -0.3 is 5.73 Å². The summed E-state index contributed by atoms with van der Waals surface area (Å²) < 4.78 is 40.4. The first kappa shape index (κ1) is 12.6. The van der Waals surface area contributed by atoms with Crippen molar-refractivity contribution in [3.8, 4) is 11.1 Å². The van der Waals surface area contributed by atoms with Crippen molar-refractivity contribution in [2.45, 2.75) is 6.42 Å². The van der Waals surface area contributed by atoms with Crippen LogP contribution in [0, 0.1) is 17.5 Å².